The minimum atomic E-state index is -4.42. The Bertz CT molecular complexity index is 1450. The van der Waals surface area contributed by atoms with Crippen LogP contribution in [0.4, 0.5) is 22.0 Å². The zero-order chi connectivity index (χ0) is 30.4. The van der Waals surface area contributed by atoms with Gasteiger partial charge in [0.15, 0.2) is 5.65 Å². The van der Waals surface area contributed by atoms with Gasteiger partial charge < -0.3 is 15.6 Å². The van der Waals surface area contributed by atoms with Crippen LogP contribution in [0.25, 0.3) is 5.65 Å². The Hall–Kier alpha value is -3.58. The number of carbonyl (C=O) groups is 2. The number of nitrogens with one attached hydrogen (secondary N) is 1. The lowest BCUT2D eigenvalue weighted by Crippen LogP contribution is -2.30. The molecule has 0 aliphatic heterocycles. The van der Waals surface area contributed by atoms with Crippen LogP contribution in [0.15, 0.2) is 24.7 Å². The Balaban J connectivity index is 1.49. The summed E-state index contributed by atoms with van der Waals surface area (Å²) in [4.78, 5) is 33.9. The first-order valence-corrected chi connectivity index (χ1v) is 14.2. The van der Waals surface area contributed by atoms with Gasteiger partial charge in [0.1, 0.15) is 11.5 Å². The van der Waals surface area contributed by atoms with Crippen LogP contribution in [-0.4, -0.2) is 48.1 Å². The minimum absolute atomic E-state index is 0.0842. The third kappa shape index (κ3) is 6.57. The second-order valence-corrected chi connectivity index (χ2v) is 11.8. The van der Waals surface area contributed by atoms with Crippen LogP contribution in [0.1, 0.15) is 111 Å². The zero-order valence-electron chi connectivity index (χ0n) is 23.4. The van der Waals surface area contributed by atoms with E-state index in [1.54, 1.807) is 23.0 Å². The van der Waals surface area contributed by atoms with Crippen LogP contribution in [-0.2, 0) is 4.79 Å². The molecule has 0 spiro atoms. The van der Waals surface area contributed by atoms with Crippen LogP contribution in [0, 0.1) is 11.8 Å². The average molecular weight is 596 g/mol. The number of rotatable bonds is 10. The van der Waals surface area contributed by atoms with Gasteiger partial charge in [0.2, 0.25) is 11.8 Å². The number of aromatic nitrogens is 5. The van der Waals surface area contributed by atoms with Crippen molar-refractivity contribution in [2.24, 2.45) is 17.6 Å². The van der Waals surface area contributed by atoms with E-state index in [0.29, 0.717) is 22.7 Å². The van der Waals surface area contributed by atoms with Gasteiger partial charge in [-0.2, -0.15) is 18.3 Å². The van der Waals surface area contributed by atoms with Gasteiger partial charge in [-0.1, -0.05) is 0 Å². The summed E-state index contributed by atoms with van der Waals surface area (Å²) in [7, 11) is 0. The largest absolute Gasteiger partial charge is 0.389 e. The molecular formula is C28H34F5N7O2. The molecule has 3 aromatic heterocycles. The van der Waals surface area contributed by atoms with E-state index in [0.717, 1.165) is 12.8 Å². The molecule has 0 aromatic carbocycles. The van der Waals surface area contributed by atoms with Gasteiger partial charge in [-0.15, -0.1) is 0 Å². The summed E-state index contributed by atoms with van der Waals surface area (Å²) in [5.41, 5.74) is 7.42. The molecule has 2 atom stereocenters. The quantitative estimate of drug-likeness (QED) is 0.301. The standard InChI is InChI=1S/C28H34F5N7O2/c1-15(2)40-20(25(34)42)13-35-26(40)23(16-5-8-27(29,30)9-6-16)19-14-39-21(37-19)11-18(12-36-39)24(17-3-4-17)38-22(41)7-10-28(31,32)33/h11-17,23-24H,3-10H2,1-2H3,(H2,34,42)(H,38,41)/t23-,24+/m0/s1. The molecule has 0 unspecified atom stereocenters. The fraction of sp³-hybridized carbons (Fsp3) is 0.607. The van der Waals surface area contributed by atoms with Crippen molar-refractivity contribution in [1.82, 2.24) is 29.5 Å². The zero-order valence-corrected chi connectivity index (χ0v) is 23.4. The van der Waals surface area contributed by atoms with E-state index in [1.165, 1.54) is 10.7 Å². The Morgan fingerprint density at radius 1 is 1.12 bits per heavy atom. The van der Waals surface area contributed by atoms with Gasteiger partial charge in [-0.3, -0.25) is 9.59 Å². The minimum Gasteiger partial charge on any atom is -0.364 e. The predicted octanol–water partition coefficient (Wildman–Crippen LogP) is 5.47. The highest BCUT2D eigenvalue weighted by Gasteiger charge is 2.41. The first-order valence-electron chi connectivity index (χ1n) is 14.2. The molecule has 2 amide bonds. The highest BCUT2D eigenvalue weighted by molar-refractivity contribution is 5.91. The molecule has 2 aliphatic carbocycles. The summed E-state index contributed by atoms with van der Waals surface area (Å²) in [5.74, 6) is -4.25. The van der Waals surface area contributed by atoms with Crippen molar-refractivity contribution in [3.63, 3.8) is 0 Å². The van der Waals surface area contributed by atoms with Crippen LogP contribution in [0.5, 0.6) is 0 Å². The number of hydrogen-bond donors (Lipinski definition) is 2. The smallest absolute Gasteiger partial charge is 0.364 e. The molecule has 0 bridgehead atoms. The SMILES string of the molecule is CC(C)n1c(C(N)=O)cnc1[C@H](c1cn2ncc([C@H](NC(=O)CCC(F)(F)F)C3CC3)cc2n1)C1CCC(F)(F)CC1. The van der Waals surface area contributed by atoms with Crippen molar-refractivity contribution in [2.45, 2.75) is 95.3 Å². The average Bonchev–Trinajstić information content (AvgIpc) is 3.50. The lowest BCUT2D eigenvalue weighted by Gasteiger charge is -2.33. The fourth-order valence-corrected chi connectivity index (χ4v) is 5.94. The van der Waals surface area contributed by atoms with Crippen molar-refractivity contribution in [3.05, 3.63) is 47.4 Å². The van der Waals surface area contributed by atoms with Crippen molar-refractivity contribution >= 4 is 17.5 Å². The molecule has 0 radical (unpaired) electrons. The number of nitrogens with two attached hydrogens (primary N) is 1. The van der Waals surface area contributed by atoms with E-state index < -0.39 is 48.7 Å². The Morgan fingerprint density at radius 3 is 2.40 bits per heavy atom. The summed E-state index contributed by atoms with van der Waals surface area (Å²) in [5, 5.41) is 7.20. The number of amides is 2. The molecule has 3 aromatic rings. The van der Waals surface area contributed by atoms with Crippen LogP contribution < -0.4 is 11.1 Å². The van der Waals surface area contributed by atoms with Gasteiger partial charge in [0.05, 0.1) is 42.7 Å². The van der Waals surface area contributed by atoms with Gasteiger partial charge >= 0.3 is 6.18 Å². The molecule has 14 heteroatoms. The Morgan fingerprint density at radius 2 is 1.81 bits per heavy atom. The van der Waals surface area contributed by atoms with Crippen molar-refractivity contribution in [1.29, 1.82) is 0 Å². The van der Waals surface area contributed by atoms with E-state index in [9.17, 15) is 31.5 Å². The number of carbonyl (C=O) groups excluding carboxylic acids is 2. The number of primary amides is 1. The first-order chi connectivity index (χ1) is 19.7. The van der Waals surface area contributed by atoms with Crippen molar-refractivity contribution in [2.75, 3.05) is 0 Å². The third-order valence-corrected chi connectivity index (χ3v) is 8.19. The summed E-state index contributed by atoms with van der Waals surface area (Å²) in [6, 6.07) is 1.04. The molecule has 2 aliphatic rings. The molecule has 2 saturated carbocycles. The molecule has 3 N–H and O–H groups in total. The molecule has 5 rings (SSSR count). The normalized spacial score (nSPS) is 19.2. The molecule has 9 nitrogen and oxygen atoms in total. The predicted molar refractivity (Wildman–Crippen MR) is 142 cm³/mol. The molecule has 42 heavy (non-hydrogen) atoms. The monoisotopic (exact) mass is 595 g/mol. The van der Waals surface area contributed by atoms with Gasteiger partial charge in [-0.05, 0) is 63.0 Å². The van der Waals surface area contributed by atoms with E-state index in [2.05, 4.69) is 15.4 Å². The summed E-state index contributed by atoms with van der Waals surface area (Å²) in [6.07, 6.45) is -0.0595. The molecule has 3 heterocycles. The molecule has 228 valence electrons. The maximum Gasteiger partial charge on any atom is 0.389 e. The van der Waals surface area contributed by atoms with Gasteiger partial charge in [0, 0.05) is 25.3 Å². The summed E-state index contributed by atoms with van der Waals surface area (Å²) in [6.45, 7) is 3.75. The second kappa shape index (κ2) is 11.3. The fourth-order valence-electron chi connectivity index (χ4n) is 5.94. The number of nitrogens with zero attached hydrogens (tertiary/aromatic N) is 5. The highest BCUT2D eigenvalue weighted by Crippen LogP contribution is 2.45. The van der Waals surface area contributed by atoms with Crippen LogP contribution in [0.3, 0.4) is 0 Å². The van der Waals surface area contributed by atoms with Crippen molar-refractivity contribution < 1.29 is 31.5 Å². The number of imidazole rings is 2. The second-order valence-electron chi connectivity index (χ2n) is 11.8. The number of halogens is 5. The third-order valence-electron chi connectivity index (χ3n) is 8.19. The number of alkyl halides is 5. The van der Waals surface area contributed by atoms with Crippen molar-refractivity contribution in [3.8, 4) is 0 Å². The first kappa shape index (κ1) is 29.9. The van der Waals surface area contributed by atoms with Gasteiger partial charge in [0.25, 0.3) is 5.91 Å². The lowest BCUT2D eigenvalue weighted by atomic mass is 9.77. The van der Waals surface area contributed by atoms with E-state index >= 15 is 0 Å². The summed E-state index contributed by atoms with van der Waals surface area (Å²) >= 11 is 0. The summed E-state index contributed by atoms with van der Waals surface area (Å²) < 4.78 is 69.4. The van der Waals surface area contributed by atoms with Gasteiger partial charge in [-0.25, -0.2) is 23.3 Å². The lowest BCUT2D eigenvalue weighted by molar-refractivity contribution is -0.144. The van der Waals surface area contributed by atoms with E-state index in [4.69, 9.17) is 10.7 Å². The van der Waals surface area contributed by atoms with E-state index in [1.807, 2.05) is 13.8 Å². The molecular weight excluding hydrogens is 561 g/mol. The Kier molecular flexibility index (Phi) is 8.01. The van der Waals surface area contributed by atoms with Crippen LogP contribution >= 0.6 is 0 Å². The Labute approximate surface area is 239 Å². The maximum atomic E-state index is 14.1. The topological polar surface area (TPSA) is 120 Å². The maximum absolute atomic E-state index is 14.1. The van der Waals surface area contributed by atoms with E-state index in [-0.39, 0.29) is 49.3 Å². The highest BCUT2D eigenvalue weighted by atomic mass is 19.4. The van der Waals surface area contributed by atoms with Crippen LogP contribution in [0.2, 0.25) is 0 Å². The molecule has 2 fully saturated rings. The number of hydrogen-bond acceptors (Lipinski definition) is 5. The number of fused-ring (bicyclic) bond motifs is 1. The molecule has 0 saturated heterocycles.